The lowest BCUT2D eigenvalue weighted by Gasteiger charge is -2.20. The van der Waals surface area contributed by atoms with Crippen LogP contribution in [-0.2, 0) is 0 Å². The molecule has 2 atom stereocenters. The van der Waals surface area contributed by atoms with E-state index in [1.807, 2.05) is 0 Å². The van der Waals surface area contributed by atoms with Crippen molar-refractivity contribution >= 4 is 5.57 Å². The monoisotopic (exact) mass is 314 g/mol. The van der Waals surface area contributed by atoms with Crippen molar-refractivity contribution in [3.8, 4) is 0 Å². The van der Waals surface area contributed by atoms with Gasteiger partial charge in [-0.3, -0.25) is 0 Å². The van der Waals surface area contributed by atoms with Gasteiger partial charge in [-0.05, 0) is 46.8 Å². The first-order valence-electron chi connectivity index (χ1n) is 8.56. The Hall–Kier alpha value is -2.58. The number of hydrogen-bond donors (Lipinski definition) is 2. The Morgan fingerprint density at radius 3 is 2.33 bits per heavy atom. The fraction of sp³-hybridized carbons (Fsp3) is 0.182. The highest BCUT2D eigenvalue weighted by molar-refractivity contribution is 5.72. The summed E-state index contributed by atoms with van der Waals surface area (Å²) in [6.07, 6.45) is 8.05. The van der Waals surface area contributed by atoms with Crippen molar-refractivity contribution in [3.05, 3.63) is 101 Å². The molecule has 0 spiro atoms. The van der Waals surface area contributed by atoms with Crippen molar-refractivity contribution in [3.63, 3.8) is 0 Å². The lowest BCUT2D eigenvalue weighted by Crippen LogP contribution is -2.27. The highest BCUT2D eigenvalue weighted by atomic mass is 15.4. The van der Waals surface area contributed by atoms with Crippen LogP contribution in [0.3, 0.4) is 0 Å². The first kappa shape index (κ1) is 15.0. The fourth-order valence-electron chi connectivity index (χ4n) is 3.44. The molecule has 2 nitrogen and oxygen atoms in total. The Labute approximate surface area is 143 Å². The zero-order valence-electron chi connectivity index (χ0n) is 13.9. The average Bonchev–Trinajstić information content (AvgIpc) is 3.13. The van der Waals surface area contributed by atoms with Crippen LogP contribution in [-0.4, -0.2) is 0 Å². The van der Waals surface area contributed by atoms with Gasteiger partial charge >= 0.3 is 0 Å². The van der Waals surface area contributed by atoms with E-state index in [1.54, 1.807) is 0 Å². The predicted octanol–water partition coefficient (Wildman–Crippen LogP) is 4.77. The van der Waals surface area contributed by atoms with E-state index in [1.165, 1.54) is 28.0 Å². The van der Waals surface area contributed by atoms with Gasteiger partial charge in [-0.2, -0.15) is 0 Å². The lowest BCUT2D eigenvalue weighted by atomic mass is 9.86. The summed E-state index contributed by atoms with van der Waals surface area (Å²) >= 11 is 0. The summed E-state index contributed by atoms with van der Waals surface area (Å²) in [5, 5.41) is 0. The van der Waals surface area contributed by atoms with Gasteiger partial charge in [0.15, 0.2) is 0 Å². The fourth-order valence-corrected chi connectivity index (χ4v) is 3.44. The van der Waals surface area contributed by atoms with E-state index in [0.717, 1.165) is 6.42 Å². The molecule has 0 fully saturated rings. The maximum absolute atomic E-state index is 3.38. The molecule has 2 N–H and O–H groups in total. The molecule has 0 aromatic heterocycles. The number of benzene rings is 2. The van der Waals surface area contributed by atoms with E-state index >= 15 is 0 Å². The van der Waals surface area contributed by atoms with Crippen LogP contribution in [0.4, 0.5) is 0 Å². The van der Waals surface area contributed by atoms with Crippen molar-refractivity contribution < 1.29 is 0 Å². The molecular weight excluding hydrogens is 292 g/mol. The van der Waals surface area contributed by atoms with Crippen molar-refractivity contribution in [1.82, 2.24) is 10.9 Å². The minimum absolute atomic E-state index is 0.216. The van der Waals surface area contributed by atoms with Crippen LogP contribution in [0.5, 0.6) is 0 Å². The first-order valence-corrected chi connectivity index (χ1v) is 8.56. The van der Waals surface area contributed by atoms with Crippen molar-refractivity contribution in [1.29, 1.82) is 0 Å². The number of hydrazine groups is 1. The number of hydrogen-bond acceptors (Lipinski definition) is 2. The lowest BCUT2D eigenvalue weighted by molar-refractivity contribution is 0.599. The van der Waals surface area contributed by atoms with E-state index in [0.29, 0.717) is 5.92 Å². The molecule has 0 bridgehead atoms. The third kappa shape index (κ3) is 3.06. The summed E-state index contributed by atoms with van der Waals surface area (Å²) in [6.45, 7) is 2.29. The molecule has 2 heteroatoms. The van der Waals surface area contributed by atoms with Gasteiger partial charge in [0.05, 0.1) is 11.7 Å². The molecule has 2 aliphatic rings. The molecule has 2 aromatic rings. The van der Waals surface area contributed by atoms with Crippen molar-refractivity contribution in [2.75, 3.05) is 0 Å². The third-order valence-corrected chi connectivity index (χ3v) is 4.65. The molecular formula is C22H22N2. The van der Waals surface area contributed by atoms with Crippen molar-refractivity contribution in [2.24, 2.45) is 5.92 Å². The zero-order valence-corrected chi connectivity index (χ0v) is 13.9. The summed E-state index contributed by atoms with van der Waals surface area (Å²) in [4.78, 5) is 0. The smallest absolute Gasteiger partial charge is 0.0714 e. The predicted molar refractivity (Wildman–Crippen MR) is 99.8 cm³/mol. The second kappa shape index (κ2) is 6.50. The van der Waals surface area contributed by atoms with Crippen LogP contribution in [0.15, 0.2) is 90.2 Å². The Morgan fingerprint density at radius 1 is 0.875 bits per heavy atom. The van der Waals surface area contributed by atoms with E-state index in [2.05, 4.69) is 96.7 Å². The Kier molecular flexibility index (Phi) is 4.06. The van der Waals surface area contributed by atoms with Crippen LogP contribution in [0, 0.1) is 5.92 Å². The first-order chi connectivity index (χ1) is 11.8. The van der Waals surface area contributed by atoms with Gasteiger partial charge in [-0.1, -0.05) is 73.7 Å². The van der Waals surface area contributed by atoms with Crippen LogP contribution >= 0.6 is 0 Å². The molecule has 1 aliphatic carbocycles. The molecule has 2 aromatic carbocycles. The summed E-state index contributed by atoms with van der Waals surface area (Å²) in [5.41, 5.74) is 13.2. The molecule has 1 aliphatic heterocycles. The molecule has 24 heavy (non-hydrogen) atoms. The highest BCUT2D eigenvalue weighted by Crippen LogP contribution is 2.33. The highest BCUT2D eigenvalue weighted by Gasteiger charge is 2.21. The second-order valence-corrected chi connectivity index (χ2v) is 6.58. The standard InChI is InChI=1S/C22H22N2/c1-16-12-19(17-8-4-2-5-9-17)14-20(13-16)22-15-21(23-24-22)18-10-6-3-7-11-18/h2-11,13-16,21,23-24H,12H2,1H3. The third-order valence-electron chi connectivity index (χ3n) is 4.65. The molecule has 0 saturated carbocycles. The second-order valence-electron chi connectivity index (χ2n) is 6.58. The summed E-state index contributed by atoms with van der Waals surface area (Å²) < 4.78 is 0. The number of allylic oxidation sites excluding steroid dienone is 3. The van der Waals surface area contributed by atoms with E-state index < -0.39 is 0 Å². The van der Waals surface area contributed by atoms with Gasteiger partial charge in [0.25, 0.3) is 0 Å². The molecule has 0 amide bonds. The van der Waals surface area contributed by atoms with Gasteiger partial charge in [-0.25, -0.2) is 5.43 Å². The molecule has 0 saturated heterocycles. The maximum Gasteiger partial charge on any atom is 0.0714 e. The minimum Gasteiger partial charge on any atom is -0.320 e. The summed E-state index contributed by atoms with van der Waals surface area (Å²) in [5.74, 6) is 0.540. The minimum atomic E-state index is 0.216. The number of nitrogens with one attached hydrogen (secondary N) is 2. The van der Waals surface area contributed by atoms with Crippen LogP contribution < -0.4 is 10.9 Å². The molecule has 1 heterocycles. The topological polar surface area (TPSA) is 24.1 Å². The van der Waals surface area contributed by atoms with E-state index in [9.17, 15) is 0 Å². The molecule has 0 radical (unpaired) electrons. The molecule has 2 unspecified atom stereocenters. The maximum atomic E-state index is 3.38. The van der Waals surface area contributed by atoms with Gasteiger partial charge in [-0.15, -0.1) is 0 Å². The van der Waals surface area contributed by atoms with Crippen LogP contribution in [0.25, 0.3) is 5.57 Å². The molecule has 4 rings (SSSR count). The van der Waals surface area contributed by atoms with Gasteiger partial charge in [0.1, 0.15) is 0 Å². The zero-order chi connectivity index (χ0) is 16.4. The quantitative estimate of drug-likeness (QED) is 0.853. The SMILES string of the molecule is CC1C=C(C2=CC(c3ccccc3)NN2)C=C(c2ccccc2)C1. The van der Waals surface area contributed by atoms with Gasteiger partial charge in [0, 0.05) is 0 Å². The Bertz CT molecular complexity index is 800. The van der Waals surface area contributed by atoms with E-state index in [-0.39, 0.29) is 6.04 Å². The van der Waals surface area contributed by atoms with Crippen LogP contribution in [0.2, 0.25) is 0 Å². The molecule has 120 valence electrons. The summed E-state index contributed by atoms with van der Waals surface area (Å²) in [7, 11) is 0. The van der Waals surface area contributed by atoms with Crippen molar-refractivity contribution in [2.45, 2.75) is 19.4 Å². The van der Waals surface area contributed by atoms with Gasteiger partial charge < -0.3 is 5.43 Å². The van der Waals surface area contributed by atoms with Gasteiger partial charge in [0.2, 0.25) is 0 Å². The normalized spacial score (nSPS) is 23.1. The van der Waals surface area contributed by atoms with Crippen LogP contribution in [0.1, 0.15) is 30.5 Å². The number of rotatable bonds is 3. The average molecular weight is 314 g/mol. The Morgan fingerprint density at radius 2 is 1.58 bits per heavy atom. The van der Waals surface area contributed by atoms with E-state index in [4.69, 9.17) is 0 Å². The summed E-state index contributed by atoms with van der Waals surface area (Å²) in [6, 6.07) is 21.4. The largest absolute Gasteiger partial charge is 0.320 e. The Balaban J connectivity index is 1.63.